The van der Waals surface area contributed by atoms with Gasteiger partial charge in [0.25, 0.3) is 5.91 Å². The van der Waals surface area contributed by atoms with Crippen LogP contribution in [0, 0.1) is 11.7 Å². The molecule has 0 saturated heterocycles. The van der Waals surface area contributed by atoms with E-state index in [-0.39, 0.29) is 11.4 Å². The lowest BCUT2D eigenvalue weighted by Crippen LogP contribution is -2.26. The number of primary amides is 1. The SMILES string of the molecule is NC(=O)c1cn(CC2CCC2)cc(-c2ccc(F)cc2)c1=O. The number of carbonyl (C=O) groups excluding carboxylic acids is 1. The first-order valence-corrected chi connectivity index (χ1v) is 7.34. The van der Waals surface area contributed by atoms with E-state index in [0.29, 0.717) is 17.0 Å². The van der Waals surface area contributed by atoms with Gasteiger partial charge in [0.2, 0.25) is 5.43 Å². The molecule has 1 aromatic carbocycles. The molecule has 1 heterocycles. The minimum absolute atomic E-state index is 0.0267. The Bertz CT molecular complexity index is 761. The van der Waals surface area contributed by atoms with Gasteiger partial charge in [0.05, 0.1) is 0 Å². The molecule has 2 aromatic rings. The molecule has 0 atom stereocenters. The van der Waals surface area contributed by atoms with Crippen LogP contribution in [-0.2, 0) is 6.54 Å². The molecule has 114 valence electrons. The van der Waals surface area contributed by atoms with Gasteiger partial charge in [0.15, 0.2) is 0 Å². The first kappa shape index (κ1) is 14.5. The van der Waals surface area contributed by atoms with Crippen molar-refractivity contribution >= 4 is 5.91 Å². The van der Waals surface area contributed by atoms with E-state index >= 15 is 0 Å². The highest BCUT2D eigenvalue weighted by Crippen LogP contribution is 2.28. The second kappa shape index (κ2) is 5.75. The Morgan fingerprint density at radius 1 is 1.23 bits per heavy atom. The summed E-state index contributed by atoms with van der Waals surface area (Å²) in [5.41, 5.74) is 5.83. The monoisotopic (exact) mass is 300 g/mol. The number of amides is 1. The third-order valence-electron chi connectivity index (χ3n) is 4.19. The second-order valence-electron chi connectivity index (χ2n) is 5.78. The van der Waals surface area contributed by atoms with Crippen LogP contribution in [0.2, 0.25) is 0 Å². The van der Waals surface area contributed by atoms with Gasteiger partial charge < -0.3 is 10.3 Å². The van der Waals surface area contributed by atoms with Crippen LogP contribution in [0.25, 0.3) is 11.1 Å². The summed E-state index contributed by atoms with van der Waals surface area (Å²) in [5.74, 6) is -0.537. The van der Waals surface area contributed by atoms with Gasteiger partial charge in [-0.05, 0) is 36.5 Å². The van der Waals surface area contributed by atoms with Crippen LogP contribution >= 0.6 is 0 Å². The minimum Gasteiger partial charge on any atom is -0.365 e. The van der Waals surface area contributed by atoms with Crippen molar-refractivity contribution in [2.24, 2.45) is 11.7 Å². The largest absolute Gasteiger partial charge is 0.365 e. The summed E-state index contributed by atoms with van der Waals surface area (Å²) < 4.78 is 14.9. The highest BCUT2D eigenvalue weighted by atomic mass is 19.1. The summed E-state index contributed by atoms with van der Waals surface area (Å²) in [5, 5.41) is 0. The molecule has 0 bridgehead atoms. The smallest absolute Gasteiger partial charge is 0.254 e. The number of hydrogen-bond acceptors (Lipinski definition) is 2. The molecule has 1 saturated carbocycles. The van der Waals surface area contributed by atoms with Gasteiger partial charge >= 0.3 is 0 Å². The summed E-state index contributed by atoms with van der Waals surface area (Å²) >= 11 is 0. The van der Waals surface area contributed by atoms with Crippen LogP contribution in [-0.4, -0.2) is 10.5 Å². The lowest BCUT2D eigenvalue weighted by Gasteiger charge is -2.26. The van der Waals surface area contributed by atoms with Crippen LogP contribution in [0.1, 0.15) is 29.6 Å². The number of aromatic nitrogens is 1. The molecule has 1 amide bonds. The van der Waals surface area contributed by atoms with E-state index in [0.717, 1.165) is 19.4 Å². The fourth-order valence-corrected chi connectivity index (χ4v) is 2.72. The molecule has 1 aromatic heterocycles. The molecule has 4 nitrogen and oxygen atoms in total. The minimum atomic E-state index is -0.740. The summed E-state index contributed by atoms with van der Waals surface area (Å²) in [6.07, 6.45) is 6.78. The molecule has 0 spiro atoms. The molecule has 0 unspecified atom stereocenters. The van der Waals surface area contributed by atoms with Crippen molar-refractivity contribution in [3.63, 3.8) is 0 Å². The zero-order chi connectivity index (χ0) is 15.7. The number of halogens is 1. The number of nitrogens with two attached hydrogens (primary N) is 1. The molecular weight excluding hydrogens is 283 g/mol. The molecule has 22 heavy (non-hydrogen) atoms. The topological polar surface area (TPSA) is 65.1 Å². The van der Waals surface area contributed by atoms with Gasteiger partial charge in [0.1, 0.15) is 11.4 Å². The Balaban J connectivity index is 2.08. The van der Waals surface area contributed by atoms with E-state index in [9.17, 15) is 14.0 Å². The predicted molar refractivity (Wildman–Crippen MR) is 82.0 cm³/mol. The van der Waals surface area contributed by atoms with E-state index in [1.54, 1.807) is 6.20 Å². The fourth-order valence-electron chi connectivity index (χ4n) is 2.72. The van der Waals surface area contributed by atoms with Gasteiger partial charge in [-0.25, -0.2) is 4.39 Å². The van der Waals surface area contributed by atoms with E-state index in [1.807, 2.05) is 4.57 Å². The van der Waals surface area contributed by atoms with Crippen LogP contribution in [0.5, 0.6) is 0 Å². The van der Waals surface area contributed by atoms with Gasteiger partial charge in [0, 0.05) is 24.5 Å². The zero-order valence-corrected chi connectivity index (χ0v) is 12.1. The summed E-state index contributed by atoms with van der Waals surface area (Å²) in [4.78, 5) is 23.9. The molecule has 5 heteroatoms. The third kappa shape index (κ3) is 2.79. The Kier molecular flexibility index (Phi) is 3.79. The van der Waals surface area contributed by atoms with E-state index < -0.39 is 11.3 Å². The first-order valence-electron chi connectivity index (χ1n) is 7.34. The van der Waals surface area contributed by atoms with Crippen molar-refractivity contribution < 1.29 is 9.18 Å². The molecule has 2 N–H and O–H groups in total. The van der Waals surface area contributed by atoms with Gasteiger partial charge in [-0.15, -0.1) is 0 Å². The number of rotatable bonds is 4. The Hall–Kier alpha value is -2.43. The van der Waals surface area contributed by atoms with Crippen LogP contribution in [0.3, 0.4) is 0 Å². The maximum atomic E-state index is 13.1. The predicted octanol–water partition coefficient (Wildman–Crippen LogP) is 2.55. The molecule has 3 rings (SSSR count). The third-order valence-corrected chi connectivity index (χ3v) is 4.19. The van der Waals surface area contributed by atoms with Crippen molar-refractivity contribution in [2.45, 2.75) is 25.8 Å². The average molecular weight is 300 g/mol. The van der Waals surface area contributed by atoms with Crippen LogP contribution in [0.4, 0.5) is 4.39 Å². The molecule has 0 radical (unpaired) electrons. The standard InChI is InChI=1S/C17H17FN2O2/c18-13-6-4-12(5-7-13)14-9-20(8-11-2-1-3-11)10-15(16(14)21)17(19)22/h4-7,9-11H,1-3,8H2,(H2,19,22). The number of benzene rings is 1. The molecule has 1 fully saturated rings. The van der Waals surface area contributed by atoms with E-state index in [4.69, 9.17) is 5.73 Å². The molecule has 1 aliphatic carbocycles. The number of carbonyl (C=O) groups is 1. The van der Waals surface area contributed by atoms with E-state index in [2.05, 4.69) is 0 Å². The number of hydrogen-bond donors (Lipinski definition) is 1. The van der Waals surface area contributed by atoms with Crippen LogP contribution < -0.4 is 11.2 Å². The first-order chi connectivity index (χ1) is 10.5. The van der Waals surface area contributed by atoms with Crippen molar-refractivity contribution in [1.29, 1.82) is 0 Å². The van der Waals surface area contributed by atoms with Crippen molar-refractivity contribution in [3.8, 4) is 11.1 Å². The quantitative estimate of drug-likeness (QED) is 0.943. The second-order valence-corrected chi connectivity index (χ2v) is 5.78. The Labute approximate surface area is 127 Å². The zero-order valence-electron chi connectivity index (χ0n) is 12.1. The fraction of sp³-hybridized carbons (Fsp3) is 0.294. The average Bonchev–Trinajstić information content (AvgIpc) is 2.45. The molecule has 0 aliphatic heterocycles. The Morgan fingerprint density at radius 2 is 1.91 bits per heavy atom. The van der Waals surface area contributed by atoms with Crippen LogP contribution in [0.15, 0.2) is 41.5 Å². The van der Waals surface area contributed by atoms with Gasteiger partial charge in [-0.1, -0.05) is 18.6 Å². The lowest BCUT2D eigenvalue weighted by molar-refractivity contribution is 0.0998. The maximum Gasteiger partial charge on any atom is 0.254 e. The molecular formula is C17H17FN2O2. The van der Waals surface area contributed by atoms with Gasteiger partial charge in [-0.3, -0.25) is 9.59 Å². The summed E-state index contributed by atoms with van der Waals surface area (Å²) in [7, 11) is 0. The normalized spacial score (nSPS) is 14.6. The molecule has 1 aliphatic rings. The van der Waals surface area contributed by atoms with E-state index in [1.165, 1.54) is 36.9 Å². The van der Waals surface area contributed by atoms with Gasteiger partial charge in [-0.2, -0.15) is 0 Å². The van der Waals surface area contributed by atoms with Crippen molar-refractivity contribution in [3.05, 3.63) is 58.3 Å². The van der Waals surface area contributed by atoms with Crippen molar-refractivity contribution in [1.82, 2.24) is 4.57 Å². The summed E-state index contributed by atoms with van der Waals surface area (Å²) in [6.45, 7) is 0.759. The highest BCUT2D eigenvalue weighted by Gasteiger charge is 2.19. The Morgan fingerprint density at radius 3 is 2.45 bits per heavy atom. The lowest BCUT2D eigenvalue weighted by atomic mass is 9.85. The summed E-state index contributed by atoms with van der Waals surface area (Å²) in [6, 6.07) is 5.65. The number of nitrogens with zero attached hydrogens (tertiary/aromatic N) is 1. The number of pyridine rings is 1. The highest BCUT2D eigenvalue weighted by molar-refractivity contribution is 5.93. The maximum absolute atomic E-state index is 13.1. The van der Waals surface area contributed by atoms with Crippen molar-refractivity contribution in [2.75, 3.05) is 0 Å².